The highest BCUT2D eigenvalue weighted by atomic mass is 16.6. The molecule has 2 unspecified atom stereocenters. The average Bonchev–Trinajstić information content (AvgIpc) is 2.15. The van der Waals surface area contributed by atoms with Gasteiger partial charge in [-0.25, -0.2) is 0 Å². The number of aliphatic hydroxyl groups is 1. The molecule has 0 saturated heterocycles. The summed E-state index contributed by atoms with van der Waals surface area (Å²) in [5.41, 5.74) is 0.351. The Morgan fingerprint density at radius 1 is 1.27 bits per heavy atom. The monoisotopic (exact) mass is 208 g/mol. The van der Waals surface area contributed by atoms with E-state index < -0.39 is 6.79 Å². The second-order valence-electron chi connectivity index (χ2n) is 6.24. The smallest absolute Gasteiger partial charge is 0.314 e. The molecule has 0 aromatic heterocycles. The van der Waals surface area contributed by atoms with E-state index in [1.54, 1.807) is 0 Å². The molecular formula is C12H16O3. The Morgan fingerprint density at radius 2 is 1.93 bits per heavy atom. The second-order valence-corrected chi connectivity index (χ2v) is 6.24. The maximum atomic E-state index is 11.9. The Balaban J connectivity index is 1.66. The van der Waals surface area contributed by atoms with Crippen LogP contribution in [-0.4, -0.2) is 17.9 Å². The fraction of sp³-hybridized carbons (Fsp3) is 0.917. The Kier molecular flexibility index (Phi) is 1.28. The van der Waals surface area contributed by atoms with Crippen molar-refractivity contribution in [2.45, 2.75) is 32.1 Å². The first-order valence-corrected chi connectivity index (χ1v) is 5.97. The van der Waals surface area contributed by atoms with Crippen LogP contribution in [0.3, 0.4) is 0 Å². The Bertz CT molecular complexity index is 333. The van der Waals surface area contributed by atoms with E-state index in [-0.39, 0.29) is 11.4 Å². The molecular weight excluding hydrogens is 192 g/mol. The Labute approximate surface area is 88.8 Å². The van der Waals surface area contributed by atoms with Crippen molar-refractivity contribution in [3.8, 4) is 0 Å². The first-order valence-electron chi connectivity index (χ1n) is 5.97. The van der Waals surface area contributed by atoms with E-state index in [2.05, 4.69) is 0 Å². The summed E-state index contributed by atoms with van der Waals surface area (Å²) in [5, 5.41) is 8.70. The second kappa shape index (κ2) is 2.24. The highest BCUT2D eigenvalue weighted by Gasteiger charge is 2.77. The number of hydrogen-bond donors (Lipinski definition) is 1. The molecule has 6 rings (SSSR count). The topological polar surface area (TPSA) is 46.5 Å². The van der Waals surface area contributed by atoms with E-state index in [4.69, 9.17) is 9.84 Å². The SMILES string of the molecule is O=C(OCO)C12CC3CC4(CC(C1)C34)C2. The van der Waals surface area contributed by atoms with Crippen molar-refractivity contribution in [3.63, 3.8) is 0 Å². The van der Waals surface area contributed by atoms with Crippen LogP contribution in [0.2, 0.25) is 0 Å². The first-order chi connectivity index (χ1) is 7.19. The van der Waals surface area contributed by atoms with Crippen LogP contribution in [0.1, 0.15) is 32.1 Å². The molecule has 6 aliphatic carbocycles. The fourth-order valence-electron chi connectivity index (χ4n) is 5.73. The molecule has 2 atom stereocenters. The normalized spacial score (nSPS) is 58.1. The average molecular weight is 208 g/mol. The standard InChI is InChI=1S/C12H16O3/c13-6-15-10(14)12-3-7-1-11(5-12)2-8(4-12)9(7)11/h7-9,13H,1-6H2. The summed E-state index contributed by atoms with van der Waals surface area (Å²) in [6.07, 6.45) is 5.85. The molecule has 0 amide bonds. The van der Waals surface area contributed by atoms with Gasteiger partial charge in [0.05, 0.1) is 5.41 Å². The van der Waals surface area contributed by atoms with Gasteiger partial charge >= 0.3 is 5.97 Å². The van der Waals surface area contributed by atoms with Crippen molar-refractivity contribution in [3.05, 3.63) is 0 Å². The molecule has 1 N–H and O–H groups in total. The minimum Gasteiger partial charge on any atom is -0.438 e. The van der Waals surface area contributed by atoms with Gasteiger partial charge in [0.15, 0.2) is 6.79 Å². The van der Waals surface area contributed by atoms with E-state index in [1.165, 1.54) is 12.8 Å². The number of carbonyl (C=O) groups excluding carboxylic acids is 1. The lowest BCUT2D eigenvalue weighted by atomic mass is 9.25. The van der Waals surface area contributed by atoms with Crippen molar-refractivity contribution in [1.29, 1.82) is 0 Å². The maximum Gasteiger partial charge on any atom is 0.314 e. The molecule has 0 radical (unpaired) electrons. The summed E-state index contributed by atoms with van der Waals surface area (Å²) in [5.74, 6) is 2.44. The predicted molar refractivity (Wildman–Crippen MR) is 51.6 cm³/mol. The maximum absolute atomic E-state index is 11.9. The molecule has 6 fully saturated rings. The molecule has 82 valence electrons. The van der Waals surface area contributed by atoms with E-state index in [0.717, 1.165) is 37.0 Å². The van der Waals surface area contributed by atoms with Crippen LogP contribution in [0, 0.1) is 28.6 Å². The van der Waals surface area contributed by atoms with E-state index in [1.807, 2.05) is 0 Å². The molecule has 0 aromatic carbocycles. The van der Waals surface area contributed by atoms with Gasteiger partial charge in [0.2, 0.25) is 0 Å². The summed E-state index contributed by atoms with van der Waals surface area (Å²) in [7, 11) is 0. The summed E-state index contributed by atoms with van der Waals surface area (Å²) in [6.45, 7) is -0.452. The van der Waals surface area contributed by atoms with Gasteiger partial charge in [-0.1, -0.05) is 0 Å². The van der Waals surface area contributed by atoms with Gasteiger partial charge in [-0.05, 0) is 55.3 Å². The van der Waals surface area contributed by atoms with Crippen LogP contribution >= 0.6 is 0 Å². The number of hydrogen-bond acceptors (Lipinski definition) is 3. The lowest BCUT2D eigenvalue weighted by molar-refractivity contribution is -0.307. The van der Waals surface area contributed by atoms with Crippen LogP contribution < -0.4 is 0 Å². The third-order valence-electron chi connectivity index (χ3n) is 5.69. The number of carbonyl (C=O) groups is 1. The molecule has 15 heavy (non-hydrogen) atoms. The number of rotatable bonds is 2. The van der Waals surface area contributed by atoms with Crippen molar-refractivity contribution in [2.75, 3.05) is 6.79 Å². The summed E-state index contributed by atoms with van der Waals surface area (Å²) in [4.78, 5) is 11.9. The minimum absolute atomic E-state index is 0.123. The molecule has 0 aliphatic heterocycles. The lowest BCUT2D eigenvalue weighted by Crippen LogP contribution is -2.73. The molecule has 6 saturated carbocycles. The summed E-state index contributed by atoms with van der Waals surface area (Å²) < 4.78 is 4.85. The summed E-state index contributed by atoms with van der Waals surface area (Å²) in [6, 6.07) is 0. The van der Waals surface area contributed by atoms with Gasteiger partial charge in [-0.2, -0.15) is 0 Å². The van der Waals surface area contributed by atoms with Crippen molar-refractivity contribution in [1.82, 2.24) is 0 Å². The molecule has 5 bridgehead atoms. The van der Waals surface area contributed by atoms with Gasteiger partial charge < -0.3 is 9.84 Å². The van der Waals surface area contributed by atoms with Crippen molar-refractivity contribution < 1.29 is 14.6 Å². The molecule has 3 nitrogen and oxygen atoms in total. The molecule has 1 spiro atoms. The zero-order valence-electron chi connectivity index (χ0n) is 8.74. The van der Waals surface area contributed by atoms with E-state index in [9.17, 15) is 4.79 Å². The minimum atomic E-state index is -0.452. The first kappa shape index (κ1) is 8.57. The Morgan fingerprint density at radius 3 is 2.47 bits per heavy atom. The van der Waals surface area contributed by atoms with Gasteiger partial charge in [-0.3, -0.25) is 4.79 Å². The third kappa shape index (κ3) is 0.748. The molecule has 6 aliphatic rings. The van der Waals surface area contributed by atoms with Crippen molar-refractivity contribution in [2.24, 2.45) is 28.6 Å². The van der Waals surface area contributed by atoms with Crippen molar-refractivity contribution >= 4 is 5.97 Å². The van der Waals surface area contributed by atoms with Gasteiger partial charge in [0.1, 0.15) is 0 Å². The lowest BCUT2D eigenvalue weighted by Gasteiger charge is -2.79. The Hall–Kier alpha value is -0.570. The molecule has 0 aromatic rings. The van der Waals surface area contributed by atoms with E-state index in [0.29, 0.717) is 5.41 Å². The predicted octanol–water partition coefficient (Wildman–Crippen LogP) is 1.31. The van der Waals surface area contributed by atoms with Crippen LogP contribution in [0.4, 0.5) is 0 Å². The molecule has 3 heteroatoms. The third-order valence-corrected chi connectivity index (χ3v) is 5.69. The van der Waals surface area contributed by atoms with Crippen LogP contribution in [0.15, 0.2) is 0 Å². The van der Waals surface area contributed by atoms with Crippen LogP contribution in [0.25, 0.3) is 0 Å². The van der Waals surface area contributed by atoms with Gasteiger partial charge in [0, 0.05) is 0 Å². The van der Waals surface area contributed by atoms with Crippen LogP contribution in [-0.2, 0) is 9.53 Å². The largest absolute Gasteiger partial charge is 0.438 e. The highest BCUT2D eigenvalue weighted by Crippen LogP contribution is 2.82. The number of ether oxygens (including phenoxy) is 1. The molecule has 0 heterocycles. The summed E-state index contributed by atoms with van der Waals surface area (Å²) >= 11 is 0. The number of aliphatic hydroxyl groups excluding tert-OH is 1. The van der Waals surface area contributed by atoms with Gasteiger partial charge in [0.25, 0.3) is 0 Å². The van der Waals surface area contributed by atoms with Gasteiger partial charge in [-0.15, -0.1) is 0 Å². The van der Waals surface area contributed by atoms with E-state index >= 15 is 0 Å². The highest BCUT2D eigenvalue weighted by molar-refractivity contribution is 5.78. The zero-order chi connectivity index (χ0) is 10.3. The zero-order valence-corrected chi connectivity index (χ0v) is 8.74. The van der Waals surface area contributed by atoms with Crippen LogP contribution in [0.5, 0.6) is 0 Å². The number of esters is 1. The fourth-order valence-corrected chi connectivity index (χ4v) is 5.73. The quantitative estimate of drug-likeness (QED) is 0.549.